The quantitative estimate of drug-likeness (QED) is 0.401. The van der Waals surface area contributed by atoms with Crippen LogP contribution in [0.15, 0.2) is 12.4 Å². The van der Waals surface area contributed by atoms with Gasteiger partial charge in [0.2, 0.25) is 0 Å². The smallest absolute Gasteiger partial charge is 0.106 e. The summed E-state index contributed by atoms with van der Waals surface area (Å²) in [5, 5.41) is 9.50. The molecule has 2 rings (SSSR count). The lowest BCUT2D eigenvalue weighted by Crippen LogP contribution is -2.62. The molecule has 1 fully saturated rings. The molecule has 0 aromatic carbocycles. The third kappa shape index (κ3) is 1.49. The summed E-state index contributed by atoms with van der Waals surface area (Å²) in [6.07, 6.45) is 4.64. The van der Waals surface area contributed by atoms with Crippen molar-refractivity contribution in [1.29, 1.82) is 0 Å². The van der Waals surface area contributed by atoms with Crippen LogP contribution >= 0.6 is 23.2 Å². The van der Waals surface area contributed by atoms with E-state index in [0.717, 1.165) is 6.42 Å². The average molecular weight is 208 g/mol. The summed E-state index contributed by atoms with van der Waals surface area (Å²) in [4.78, 5) is 0. The van der Waals surface area contributed by atoms with Gasteiger partial charge in [-0.1, -0.05) is 0 Å². The Morgan fingerprint density at radius 2 is 1.92 bits per heavy atom. The maximum Gasteiger partial charge on any atom is 0.106 e. The summed E-state index contributed by atoms with van der Waals surface area (Å²) in [6, 6.07) is 0.563. The summed E-state index contributed by atoms with van der Waals surface area (Å²) in [6.45, 7) is 0. The lowest BCUT2D eigenvalue weighted by Gasteiger charge is -2.40. The number of halogens is 2. The molecule has 0 bridgehead atoms. The van der Waals surface area contributed by atoms with Crippen molar-refractivity contribution < 1.29 is 0 Å². The van der Waals surface area contributed by atoms with Crippen LogP contribution in [0.2, 0.25) is 0 Å². The Balaban J connectivity index is 2.08. The Morgan fingerprint density at radius 3 is 2.75 bits per heavy atom. The van der Waals surface area contributed by atoms with Crippen LogP contribution < -0.4 is 16.0 Å². The largest absolute Gasteiger partial charge is 0.385 e. The van der Waals surface area contributed by atoms with Crippen LogP contribution in [0.3, 0.4) is 0 Å². The number of nitrogens with one attached hydrogen (secondary N) is 3. The first-order chi connectivity index (χ1) is 5.77. The third-order valence-electron chi connectivity index (χ3n) is 2.23. The van der Waals surface area contributed by atoms with Crippen molar-refractivity contribution in [3.8, 4) is 0 Å². The van der Waals surface area contributed by atoms with E-state index in [9.17, 15) is 0 Å². The number of hydrogen-bond donors (Lipinski definition) is 3. The molecule has 3 nitrogen and oxygen atoms in total. The van der Waals surface area contributed by atoms with Crippen molar-refractivity contribution in [2.24, 2.45) is 0 Å². The highest BCUT2D eigenvalue weighted by Crippen LogP contribution is 2.20. The monoisotopic (exact) mass is 207 g/mol. The van der Waals surface area contributed by atoms with E-state index in [4.69, 9.17) is 23.2 Å². The Morgan fingerprint density at radius 1 is 1.17 bits per heavy atom. The van der Waals surface area contributed by atoms with Crippen LogP contribution in [-0.4, -0.2) is 23.1 Å². The third-order valence-corrected chi connectivity index (χ3v) is 2.93. The number of alkyl halides is 2. The molecule has 0 radical (unpaired) electrons. The summed E-state index contributed by atoms with van der Waals surface area (Å²) in [7, 11) is 0. The average Bonchev–Trinajstić information content (AvgIpc) is 2.04. The van der Waals surface area contributed by atoms with Gasteiger partial charge in [-0.25, -0.2) is 0 Å². The zero-order chi connectivity index (χ0) is 8.55. The second-order valence-corrected chi connectivity index (χ2v) is 4.07. The van der Waals surface area contributed by atoms with Crippen molar-refractivity contribution in [2.75, 3.05) is 0 Å². The van der Waals surface area contributed by atoms with Gasteiger partial charge in [-0.2, -0.15) is 0 Å². The summed E-state index contributed by atoms with van der Waals surface area (Å²) >= 11 is 12.0. The van der Waals surface area contributed by atoms with E-state index in [-0.39, 0.29) is 17.0 Å². The lowest BCUT2D eigenvalue weighted by atomic mass is 10.00. The van der Waals surface area contributed by atoms with Crippen LogP contribution in [0.4, 0.5) is 0 Å². The topological polar surface area (TPSA) is 36.1 Å². The van der Waals surface area contributed by atoms with Gasteiger partial charge < -0.3 is 10.6 Å². The highest BCUT2D eigenvalue weighted by Gasteiger charge is 2.35. The van der Waals surface area contributed by atoms with Crippen molar-refractivity contribution in [1.82, 2.24) is 16.0 Å². The van der Waals surface area contributed by atoms with Gasteiger partial charge in [0, 0.05) is 12.4 Å². The molecule has 2 heterocycles. The molecular formula is C7H11Cl2N3. The summed E-state index contributed by atoms with van der Waals surface area (Å²) in [5.41, 5.74) is -0.141. The van der Waals surface area contributed by atoms with Crippen LogP contribution in [0.5, 0.6) is 0 Å². The fourth-order valence-electron chi connectivity index (χ4n) is 1.62. The molecule has 2 aliphatic rings. The molecule has 5 heteroatoms. The molecule has 0 aromatic rings. The molecule has 0 aromatic heterocycles. The van der Waals surface area contributed by atoms with Crippen LogP contribution in [0, 0.1) is 0 Å². The van der Waals surface area contributed by atoms with Gasteiger partial charge in [0.1, 0.15) is 5.50 Å². The van der Waals surface area contributed by atoms with Crippen LogP contribution in [0.25, 0.3) is 0 Å². The van der Waals surface area contributed by atoms with Crippen LogP contribution in [0.1, 0.15) is 6.42 Å². The number of piperidine rings is 1. The molecule has 12 heavy (non-hydrogen) atoms. The molecule has 2 aliphatic heterocycles. The highest BCUT2D eigenvalue weighted by molar-refractivity contribution is 6.23. The molecule has 4 unspecified atom stereocenters. The number of rotatable bonds is 0. The summed E-state index contributed by atoms with van der Waals surface area (Å²) < 4.78 is 0. The summed E-state index contributed by atoms with van der Waals surface area (Å²) in [5.74, 6) is 0. The molecule has 68 valence electrons. The normalized spacial score (nSPS) is 45.8. The first-order valence-corrected chi connectivity index (χ1v) is 4.86. The molecular weight excluding hydrogens is 197 g/mol. The predicted octanol–water partition coefficient (Wildman–Crippen LogP) is 0.511. The Kier molecular flexibility index (Phi) is 2.35. The van der Waals surface area contributed by atoms with E-state index in [1.165, 1.54) is 0 Å². The Labute approximate surface area is 81.5 Å². The maximum absolute atomic E-state index is 6.05. The van der Waals surface area contributed by atoms with Gasteiger partial charge in [-0.05, 0) is 6.42 Å². The second kappa shape index (κ2) is 3.32. The number of fused-ring (bicyclic) bond motifs is 1. The van der Waals surface area contributed by atoms with E-state index in [0.29, 0.717) is 6.04 Å². The minimum absolute atomic E-state index is 0.0328. The fourth-order valence-corrected chi connectivity index (χ4v) is 2.41. The fraction of sp³-hybridized carbons (Fsp3) is 0.714. The van der Waals surface area contributed by atoms with Gasteiger partial charge in [0.25, 0.3) is 0 Å². The van der Waals surface area contributed by atoms with Gasteiger partial charge in [-0.15, -0.1) is 23.2 Å². The number of hydrogen-bond acceptors (Lipinski definition) is 3. The highest BCUT2D eigenvalue weighted by atomic mass is 35.5. The molecule has 0 amide bonds. The molecule has 0 spiro atoms. The van der Waals surface area contributed by atoms with Gasteiger partial charge >= 0.3 is 0 Å². The first kappa shape index (κ1) is 8.48. The van der Waals surface area contributed by atoms with E-state index >= 15 is 0 Å². The molecule has 0 aliphatic carbocycles. The van der Waals surface area contributed by atoms with Crippen molar-refractivity contribution >= 4 is 23.2 Å². The van der Waals surface area contributed by atoms with E-state index < -0.39 is 0 Å². The van der Waals surface area contributed by atoms with Crippen molar-refractivity contribution in [3.05, 3.63) is 12.4 Å². The van der Waals surface area contributed by atoms with E-state index in [2.05, 4.69) is 16.0 Å². The van der Waals surface area contributed by atoms with Crippen molar-refractivity contribution in [3.63, 3.8) is 0 Å². The molecule has 3 N–H and O–H groups in total. The minimum atomic E-state index is -0.108. The first-order valence-electron chi connectivity index (χ1n) is 3.98. The Bertz CT molecular complexity index is 197. The van der Waals surface area contributed by atoms with Gasteiger partial charge in [-0.3, -0.25) is 5.32 Å². The second-order valence-electron chi connectivity index (χ2n) is 3.07. The minimum Gasteiger partial charge on any atom is -0.385 e. The zero-order valence-electron chi connectivity index (χ0n) is 6.43. The standard InChI is InChI=1S/C7H11Cl2N3/c8-5-3-4-6(7(9)12-5)11-2-1-10-4/h1-2,4-7,10-12H,3H2. The maximum atomic E-state index is 6.05. The molecule has 1 saturated heterocycles. The van der Waals surface area contributed by atoms with Crippen molar-refractivity contribution in [2.45, 2.75) is 29.5 Å². The predicted molar refractivity (Wildman–Crippen MR) is 50.0 cm³/mol. The van der Waals surface area contributed by atoms with E-state index in [1.54, 1.807) is 0 Å². The lowest BCUT2D eigenvalue weighted by molar-refractivity contribution is 0.289. The SMILES string of the molecule is ClC1CC2NC=CNC2C(Cl)N1. The van der Waals surface area contributed by atoms with Gasteiger partial charge in [0.05, 0.1) is 17.6 Å². The van der Waals surface area contributed by atoms with Crippen LogP contribution in [-0.2, 0) is 0 Å². The van der Waals surface area contributed by atoms with Gasteiger partial charge in [0.15, 0.2) is 0 Å². The molecule has 0 saturated carbocycles. The molecule has 4 atom stereocenters. The van der Waals surface area contributed by atoms with E-state index in [1.807, 2.05) is 12.4 Å². The zero-order valence-corrected chi connectivity index (χ0v) is 7.94. The Hall–Kier alpha value is -0.120.